The highest BCUT2D eigenvalue weighted by atomic mass is 16.5. The number of ether oxygens (including phenoxy) is 1. The summed E-state index contributed by atoms with van der Waals surface area (Å²) in [5.41, 5.74) is 2.39. The molecule has 0 aliphatic rings. The van der Waals surface area contributed by atoms with Crippen LogP contribution in [0.5, 0.6) is 5.75 Å². The van der Waals surface area contributed by atoms with Gasteiger partial charge in [-0.15, -0.1) is 0 Å². The fraction of sp³-hybridized carbons (Fsp3) is 0.316. The zero-order valence-electron chi connectivity index (χ0n) is 13.8. The lowest BCUT2D eigenvalue weighted by Gasteiger charge is -2.22. The van der Waals surface area contributed by atoms with Gasteiger partial charge in [-0.2, -0.15) is 0 Å². The van der Waals surface area contributed by atoms with Crippen molar-refractivity contribution in [3.8, 4) is 5.75 Å². The monoisotopic (exact) mass is 329 g/mol. The third-order valence-electron chi connectivity index (χ3n) is 3.64. The summed E-state index contributed by atoms with van der Waals surface area (Å²) in [4.78, 5) is 13.0. The van der Waals surface area contributed by atoms with Gasteiger partial charge in [-0.25, -0.2) is 4.79 Å². The van der Waals surface area contributed by atoms with Crippen LogP contribution in [0.1, 0.15) is 28.4 Å². The Morgan fingerprint density at radius 2 is 1.79 bits per heavy atom. The van der Waals surface area contributed by atoms with Crippen molar-refractivity contribution in [1.82, 2.24) is 4.90 Å². The van der Waals surface area contributed by atoms with E-state index in [1.807, 2.05) is 43.3 Å². The van der Waals surface area contributed by atoms with Crippen LogP contribution in [0.2, 0.25) is 0 Å². The molecule has 0 spiro atoms. The van der Waals surface area contributed by atoms with Crippen LogP contribution < -0.4 is 4.74 Å². The first-order chi connectivity index (χ1) is 11.6. The topological polar surface area (TPSA) is 70.0 Å². The fourth-order valence-corrected chi connectivity index (χ4v) is 2.52. The molecule has 0 amide bonds. The van der Waals surface area contributed by atoms with E-state index in [0.29, 0.717) is 26.2 Å². The number of rotatable bonds is 9. The molecule has 2 rings (SSSR count). The lowest BCUT2D eigenvalue weighted by atomic mass is 10.1. The van der Waals surface area contributed by atoms with Crippen molar-refractivity contribution in [2.75, 3.05) is 19.8 Å². The molecule has 24 heavy (non-hydrogen) atoms. The minimum Gasteiger partial charge on any atom is -0.494 e. The smallest absolute Gasteiger partial charge is 0.335 e. The highest BCUT2D eigenvalue weighted by molar-refractivity contribution is 5.87. The standard InChI is InChI=1S/C19H23NO4/c1-2-24-18-5-3-4-16(12-18)14-20(10-11-21)13-15-6-8-17(9-7-15)19(22)23/h3-9,12,21H,2,10-11,13-14H2,1H3,(H,22,23). The molecule has 0 bridgehead atoms. The van der Waals surface area contributed by atoms with Crippen LogP contribution in [0, 0.1) is 0 Å². The molecule has 0 aliphatic heterocycles. The fourth-order valence-electron chi connectivity index (χ4n) is 2.52. The van der Waals surface area contributed by atoms with Crippen molar-refractivity contribution >= 4 is 5.97 Å². The summed E-state index contributed by atoms with van der Waals surface area (Å²) in [6.07, 6.45) is 0. The Kier molecular flexibility index (Phi) is 6.78. The normalized spacial score (nSPS) is 10.8. The number of aliphatic hydroxyl groups excluding tert-OH is 1. The summed E-state index contributed by atoms with van der Waals surface area (Å²) in [6, 6.07) is 14.7. The number of nitrogens with zero attached hydrogens (tertiary/aromatic N) is 1. The number of benzene rings is 2. The molecule has 128 valence electrons. The maximum absolute atomic E-state index is 10.9. The van der Waals surface area contributed by atoms with Gasteiger partial charge in [0, 0.05) is 19.6 Å². The SMILES string of the molecule is CCOc1cccc(CN(CCO)Cc2ccc(C(=O)O)cc2)c1. The molecule has 0 atom stereocenters. The Morgan fingerprint density at radius 3 is 2.42 bits per heavy atom. The van der Waals surface area contributed by atoms with E-state index >= 15 is 0 Å². The lowest BCUT2D eigenvalue weighted by molar-refractivity contribution is 0.0697. The van der Waals surface area contributed by atoms with E-state index in [9.17, 15) is 9.90 Å². The van der Waals surface area contributed by atoms with E-state index < -0.39 is 5.97 Å². The lowest BCUT2D eigenvalue weighted by Crippen LogP contribution is -2.26. The predicted molar refractivity (Wildman–Crippen MR) is 92.2 cm³/mol. The Morgan fingerprint density at radius 1 is 1.08 bits per heavy atom. The van der Waals surface area contributed by atoms with Gasteiger partial charge in [0.25, 0.3) is 0 Å². The van der Waals surface area contributed by atoms with Gasteiger partial charge in [0.1, 0.15) is 5.75 Å². The van der Waals surface area contributed by atoms with E-state index in [1.54, 1.807) is 12.1 Å². The van der Waals surface area contributed by atoms with Crippen molar-refractivity contribution < 1.29 is 19.7 Å². The van der Waals surface area contributed by atoms with Gasteiger partial charge in [0.05, 0.1) is 18.8 Å². The Balaban J connectivity index is 2.05. The molecular formula is C19H23NO4. The van der Waals surface area contributed by atoms with E-state index in [2.05, 4.69) is 4.90 Å². The van der Waals surface area contributed by atoms with Crippen LogP contribution in [0.15, 0.2) is 48.5 Å². The average molecular weight is 329 g/mol. The van der Waals surface area contributed by atoms with Gasteiger partial charge in [-0.1, -0.05) is 24.3 Å². The number of aromatic carboxylic acids is 1. The minimum absolute atomic E-state index is 0.0678. The molecule has 0 aliphatic carbocycles. The number of carboxylic acid groups (broad SMARTS) is 1. The van der Waals surface area contributed by atoms with Crippen LogP contribution in [-0.4, -0.2) is 40.8 Å². The summed E-state index contributed by atoms with van der Waals surface area (Å²) >= 11 is 0. The van der Waals surface area contributed by atoms with Gasteiger partial charge >= 0.3 is 5.97 Å². The summed E-state index contributed by atoms with van der Waals surface area (Å²) < 4.78 is 5.52. The Labute approximate surface area is 142 Å². The van der Waals surface area contributed by atoms with Gasteiger partial charge in [-0.05, 0) is 42.3 Å². The van der Waals surface area contributed by atoms with E-state index in [-0.39, 0.29) is 12.2 Å². The zero-order valence-corrected chi connectivity index (χ0v) is 13.8. The molecule has 2 aromatic rings. The number of hydrogen-bond acceptors (Lipinski definition) is 4. The average Bonchev–Trinajstić information content (AvgIpc) is 2.56. The summed E-state index contributed by atoms with van der Waals surface area (Å²) in [5.74, 6) is -0.0914. The maximum atomic E-state index is 10.9. The third kappa shape index (κ3) is 5.37. The van der Waals surface area contributed by atoms with Crippen molar-refractivity contribution in [2.45, 2.75) is 20.0 Å². The van der Waals surface area contributed by atoms with Gasteiger partial charge in [0.2, 0.25) is 0 Å². The molecule has 0 unspecified atom stereocenters. The molecule has 0 radical (unpaired) electrons. The molecule has 2 N–H and O–H groups in total. The van der Waals surface area contributed by atoms with Crippen LogP contribution in [0.3, 0.4) is 0 Å². The first-order valence-corrected chi connectivity index (χ1v) is 7.99. The second-order valence-electron chi connectivity index (χ2n) is 5.52. The maximum Gasteiger partial charge on any atom is 0.335 e. The molecular weight excluding hydrogens is 306 g/mol. The van der Waals surface area contributed by atoms with Crippen molar-refractivity contribution in [2.24, 2.45) is 0 Å². The van der Waals surface area contributed by atoms with Gasteiger partial charge < -0.3 is 14.9 Å². The molecule has 5 nitrogen and oxygen atoms in total. The molecule has 0 saturated carbocycles. The predicted octanol–water partition coefficient (Wildman–Crippen LogP) is 2.78. The van der Waals surface area contributed by atoms with Crippen LogP contribution >= 0.6 is 0 Å². The highest BCUT2D eigenvalue weighted by Gasteiger charge is 2.09. The number of hydrogen-bond donors (Lipinski definition) is 2. The van der Waals surface area contributed by atoms with Gasteiger partial charge in [0.15, 0.2) is 0 Å². The number of carboxylic acids is 1. The molecule has 2 aromatic carbocycles. The second-order valence-corrected chi connectivity index (χ2v) is 5.52. The summed E-state index contributed by atoms with van der Waals surface area (Å²) in [7, 11) is 0. The molecule has 0 heterocycles. The first kappa shape index (κ1) is 18.0. The zero-order chi connectivity index (χ0) is 17.4. The van der Waals surface area contributed by atoms with Crippen molar-refractivity contribution in [3.63, 3.8) is 0 Å². The number of aliphatic hydroxyl groups is 1. The largest absolute Gasteiger partial charge is 0.494 e. The van der Waals surface area contributed by atoms with Crippen LogP contribution in [0.25, 0.3) is 0 Å². The van der Waals surface area contributed by atoms with Crippen LogP contribution in [-0.2, 0) is 13.1 Å². The molecule has 5 heteroatoms. The van der Waals surface area contributed by atoms with Crippen LogP contribution in [0.4, 0.5) is 0 Å². The quantitative estimate of drug-likeness (QED) is 0.740. The highest BCUT2D eigenvalue weighted by Crippen LogP contribution is 2.16. The summed E-state index contributed by atoms with van der Waals surface area (Å²) in [6.45, 7) is 4.50. The van der Waals surface area contributed by atoms with E-state index in [4.69, 9.17) is 9.84 Å². The van der Waals surface area contributed by atoms with Crippen molar-refractivity contribution in [3.05, 3.63) is 65.2 Å². The Hall–Kier alpha value is -2.37. The third-order valence-corrected chi connectivity index (χ3v) is 3.64. The van der Waals surface area contributed by atoms with E-state index in [1.165, 1.54) is 0 Å². The van der Waals surface area contributed by atoms with E-state index in [0.717, 1.165) is 16.9 Å². The summed E-state index contributed by atoms with van der Waals surface area (Å²) in [5, 5.41) is 18.3. The minimum atomic E-state index is -0.929. The molecule has 0 fully saturated rings. The van der Waals surface area contributed by atoms with Gasteiger partial charge in [-0.3, -0.25) is 4.90 Å². The second kappa shape index (κ2) is 9.05. The Bertz CT molecular complexity index is 655. The first-order valence-electron chi connectivity index (χ1n) is 7.99. The molecule has 0 saturated heterocycles. The number of carbonyl (C=O) groups is 1. The molecule has 0 aromatic heterocycles. The van der Waals surface area contributed by atoms with Crippen molar-refractivity contribution in [1.29, 1.82) is 0 Å².